The van der Waals surface area contributed by atoms with Gasteiger partial charge in [-0.1, -0.05) is 0 Å². The molecular weight excluding hydrogens is 732 g/mol. The van der Waals surface area contributed by atoms with E-state index in [0.29, 0.717) is 0 Å². The highest BCUT2D eigenvalue weighted by Gasteiger charge is 2.51. The zero-order chi connectivity index (χ0) is 39.3. The maximum atomic E-state index is 11.1. The average molecular weight is 774 g/mol. The molecule has 0 aliphatic carbocycles. The summed E-state index contributed by atoms with van der Waals surface area (Å²) < 4.78 is 40.1. The number of aliphatic hydroxyl groups is 10. The van der Waals surface area contributed by atoms with Crippen LogP contribution in [0.25, 0.3) is 22.3 Å². The predicted octanol–water partition coefficient (Wildman–Crippen LogP) is -3.59. The minimum Gasteiger partial charge on any atom is -0.507 e. The van der Waals surface area contributed by atoms with Crippen LogP contribution in [0.1, 0.15) is 6.92 Å². The van der Waals surface area contributed by atoms with Gasteiger partial charge in [0.05, 0.1) is 30.9 Å². The fourth-order valence-electron chi connectivity index (χ4n) is 6.27. The molecule has 0 saturated carbocycles. The van der Waals surface area contributed by atoms with Gasteiger partial charge >= 0.3 is 11.3 Å². The summed E-state index contributed by atoms with van der Waals surface area (Å²) in [4.78, 5) is 0. The van der Waals surface area contributed by atoms with Gasteiger partial charge in [0, 0.05) is 24.3 Å². The van der Waals surface area contributed by atoms with Gasteiger partial charge in [-0.25, -0.2) is 4.42 Å². The van der Waals surface area contributed by atoms with Crippen molar-refractivity contribution >= 4 is 11.0 Å². The molecule has 3 aliphatic heterocycles. The normalized spacial score (nSPS) is 37.3. The zero-order valence-electron chi connectivity index (χ0n) is 28.1. The second kappa shape index (κ2) is 15.7. The van der Waals surface area contributed by atoms with E-state index in [1.165, 1.54) is 13.0 Å². The molecule has 0 spiro atoms. The molecule has 15 atom stereocenters. The zero-order valence-corrected chi connectivity index (χ0v) is 28.1. The number of rotatable bonds is 9. The summed E-state index contributed by atoms with van der Waals surface area (Å²) in [6, 6.07) is 5.27. The van der Waals surface area contributed by atoms with Crippen LogP contribution in [0, 0.1) is 0 Å². The van der Waals surface area contributed by atoms with Gasteiger partial charge in [0.1, 0.15) is 77.9 Å². The molecule has 3 fully saturated rings. The van der Waals surface area contributed by atoms with E-state index >= 15 is 0 Å². The maximum absolute atomic E-state index is 11.1. The molecule has 3 aliphatic rings. The van der Waals surface area contributed by atoms with E-state index in [1.807, 2.05) is 0 Å². The van der Waals surface area contributed by atoms with Crippen molar-refractivity contribution in [2.24, 2.45) is 0 Å². The lowest BCUT2D eigenvalue weighted by Gasteiger charge is -2.45. The van der Waals surface area contributed by atoms with Crippen molar-refractivity contribution in [1.82, 2.24) is 0 Å². The smallest absolute Gasteiger partial charge is 0.402 e. The van der Waals surface area contributed by atoms with Crippen molar-refractivity contribution in [2.45, 2.75) is 99.0 Å². The van der Waals surface area contributed by atoms with E-state index in [0.717, 1.165) is 24.3 Å². The Bertz CT molecular complexity index is 1770. The SMILES string of the molecule is C[C@@H]1O[C@@H](O[C@H]2[C@H](Oc3cc4c(O)cc(O[C@@H]5O[C@H](CO)[C@@H](O)[C@H](O)[C@H]5O)cc4[o+]c3-c3cc(O)c(O)c(O)c3)O[C@H](CO)[C@@H](O)[C@@H]2O)[C@H](O)[C@H](O)[C@H]1O. The first kappa shape index (κ1) is 39.8. The molecule has 298 valence electrons. The van der Waals surface area contributed by atoms with E-state index in [2.05, 4.69) is 0 Å². The lowest BCUT2D eigenvalue weighted by Crippen LogP contribution is -2.64. The minimum absolute atomic E-state index is 0.119. The van der Waals surface area contributed by atoms with Gasteiger partial charge in [-0.2, -0.15) is 0 Å². The number of aliphatic hydroxyl groups excluding tert-OH is 10. The Balaban J connectivity index is 1.41. The van der Waals surface area contributed by atoms with Crippen LogP contribution in [-0.2, 0) is 18.9 Å². The van der Waals surface area contributed by atoms with E-state index in [-0.39, 0.29) is 28.0 Å². The first-order valence-corrected chi connectivity index (χ1v) is 16.5. The van der Waals surface area contributed by atoms with Crippen LogP contribution in [-0.4, -0.2) is 177 Å². The molecule has 1 aromatic heterocycles. The molecular formula is C33H41O21+. The number of fused-ring (bicyclic) bond motifs is 1. The van der Waals surface area contributed by atoms with Crippen molar-refractivity contribution in [3.05, 3.63) is 30.3 Å². The summed E-state index contributed by atoms with van der Waals surface area (Å²) >= 11 is 0. The fraction of sp³-hybridized carbons (Fsp3) is 0.545. The number of aromatic hydroxyl groups is 4. The largest absolute Gasteiger partial charge is 0.507 e. The number of phenolic OH excluding ortho intramolecular Hbond substituents is 4. The van der Waals surface area contributed by atoms with Gasteiger partial charge in [0.25, 0.3) is 0 Å². The molecule has 14 N–H and O–H groups in total. The van der Waals surface area contributed by atoms with Gasteiger partial charge in [0.2, 0.25) is 18.3 Å². The number of hydrogen-bond donors (Lipinski definition) is 14. The lowest BCUT2D eigenvalue weighted by molar-refractivity contribution is -0.354. The van der Waals surface area contributed by atoms with Gasteiger partial charge in [-0.15, -0.1) is 0 Å². The second-order valence-corrected chi connectivity index (χ2v) is 13.1. The fourth-order valence-corrected chi connectivity index (χ4v) is 6.27. The lowest BCUT2D eigenvalue weighted by atomic mass is 9.97. The summed E-state index contributed by atoms with van der Waals surface area (Å²) in [7, 11) is 0. The Labute approximate surface area is 303 Å². The standard InChI is InChI=1S/C33H40O21/c1-9-20(39)24(43)27(46)31(48-9)54-30-26(45)23(42)19(8-35)53-33(30)51-17-6-12-13(36)4-11(49-32-28(47)25(44)22(41)18(7-34)52-32)5-16(12)50-29(17)10-2-14(37)21(40)15(38)3-10/h2-6,9,18-20,22-28,30-35,39,41-47H,7-8H2,1H3,(H3-,36,37,38,40)/p+1/t9-,18+,19+,20-,22+,23+,24+,25-,26-,27+,28+,30+,31-,32+,33+/m0/s1. The Hall–Kier alpha value is -3.91. The third-order valence-corrected chi connectivity index (χ3v) is 9.40. The van der Waals surface area contributed by atoms with Crippen molar-refractivity contribution < 1.29 is 104 Å². The van der Waals surface area contributed by atoms with E-state index in [9.17, 15) is 71.5 Å². The third kappa shape index (κ3) is 7.39. The third-order valence-electron chi connectivity index (χ3n) is 9.40. The summed E-state index contributed by atoms with van der Waals surface area (Å²) in [6.45, 7) is -0.222. The molecule has 0 amide bonds. The molecule has 0 radical (unpaired) electrons. The monoisotopic (exact) mass is 773 g/mol. The van der Waals surface area contributed by atoms with Crippen LogP contribution in [0.2, 0.25) is 0 Å². The quantitative estimate of drug-likeness (QED) is 0.0738. The van der Waals surface area contributed by atoms with Gasteiger partial charge in [-0.05, 0) is 6.92 Å². The molecule has 21 nitrogen and oxygen atoms in total. The highest BCUT2D eigenvalue weighted by atomic mass is 16.8. The van der Waals surface area contributed by atoms with Crippen LogP contribution in [0.3, 0.4) is 0 Å². The average Bonchev–Trinajstić information content (AvgIpc) is 3.14. The molecule has 0 unspecified atom stereocenters. The topological polar surface area (TPSA) is 350 Å². The molecule has 54 heavy (non-hydrogen) atoms. The van der Waals surface area contributed by atoms with Crippen LogP contribution in [0.15, 0.2) is 34.7 Å². The minimum atomic E-state index is -1.92. The molecule has 4 heterocycles. The molecule has 6 rings (SSSR count). The Morgan fingerprint density at radius 3 is 1.80 bits per heavy atom. The Morgan fingerprint density at radius 2 is 1.17 bits per heavy atom. The molecule has 0 bridgehead atoms. The highest BCUT2D eigenvalue weighted by molar-refractivity contribution is 5.89. The number of hydrogen-bond acceptors (Lipinski definition) is 20. The van der Waals surface area contributed by atoms with Gasteiger partial charge < -0.3 is 99.9 Å². The maximum Gasteiger partial charge on any atom is 0.402 e. The number of phenols is 4. The first-order chi connectivity index (χ1) is 25.5. The van der Waals surface area contributed by atoms with Crippen LogP contribution in [0.5, 0.6) is 34.5 Å². The van der Waals surface area contributed by atoms with Crippen LogP contribution in [0.4, 0.5) is 0 Å². The van der Waals surface area contributed by atoms with E-state index < -0.39 is 134 Å². The Kier molecular flexibility index (Phi) is 11.5. The van der Waals surface area contributed by atoms with Crippen LogP contribution < -0.4 is 9.47 Å². The predicted molar refractivity (Wildman–Crippen MR) is 173 cm³/mol. The summed E-state index contributed by atoms with van der Waals surface area (Å²) in [5, 5.41) is 145. The van der Waals surface area contributed by atoms with Crippen molar-refractivity contribution in [3.63, 3.8) is 0 Å². The number of ether oxygens (including phenoxy) is 6. The van der Waals surface area contributed by atoms with Gasteiger partial charge in [-0.3, -0.25) is 0 Å². The number of benzene rings is 2. The van der Waals surface area contributed by atoms with Crippen molar-refractivity contribution in [1.29, 1.82) is 0 Å². The van der Waals surface area contributed by atoms with Gasteiger partial charge in [0.15, 0.2) is 29.6 Å². The van der Waals surface area contributed by atoms with Crippen molar-refractivity contribution in [3.8, 4) is 45.8 Å². The summed E-state index contributed by atoms with van der Waals surface area (Å²) in [5.74, 6) is -4.09. The van der Waals surface area contributed by atoms with Crippen LogP contribution >= 0.6 is 0 Å². The highest BCUT2D eigenvalue weighted by Crippen LogP contribution is 2.45. The molecule has 3 aromatic rings. The molecule has 3 saturated heterocycles. The van der Waals surface area contributed by atoms with E-state index in [4.69, 9.17) is 32.8 Å². The molecule has 2 aromatic carbocycles. The Morgan fingerprint density at radius 1 is 0.593 bits per heavy atom. The van der Waals surface area contributed by atoms with Crippen molar-refractivity contribution in [2.75, 3.05) is 13.2 Å². The molecule has 21 heteroatoms. The van der Waals surface area contributed by atoms with E-state index in [1.54, 1.807) is 0 Å². The second-order valence-electron chi connectivity index (χ2n) is 13.1. The summed E-state index contributed by atoms with van der Waals surface area (Å²) in [6.07, 6.45) is -25.1. The first-order valence-electron chi connectivity index (χ1n) is 16.5. The summed E-state index contributed by atoms with van der Waals surface area (Å²) in [5.41, 5.74) is -0.380.